The van der Waals surface area contributed by atoms with Crippen molar-refractivity contribution in [3.63, 3.8) is 0 Å². The van der Waals surface area contributed by atoms with Crippen LogP contribution in [0, 0.1) is 5.82 Å². The van der Waals surface area contributed by atoms with Crippen molar-refractivity contribution in [3.05, 3.63) is 35.1 Å². The number of alkyl halides is 3. The highest BCUT2D eigenvalue weighted by Crippen LogP contribution is 2.32. The number of hydrogen-bond donors (Lipinski definition) is 0. The first-order valence-corrected chi connectivity index (χ1v) is 4.32. The first kappa shape index (κ1) is 12.5. The fourth-order valence-corrected chi connectivity index (χ4v) is 1.18. The van der Waals surface area contributed by atoms with Crippen LogP contribution in [0.15, 0.2) is 18.2 Å². The minimum atomic E-state index is -4.75. The van der Waals surface area contributed by atoms with Gasteiger partial charge in [0, 0.05) is 14.1 Å². The lowest BCUT2D eigenvalue weighted by molar-refractivity contribution is -0.138. The van der Waals surface area contributed by atoms with E-state index in [4.69, 9.17) is 0 Å². The Labute approximate surface area is 89.5 Å². The quantitative estimate of drug-likeness (QED) is 0.685. The number of halogens is 4. The summed E-state index contributed by atoms with van der Waals surface area (Å²) in [5.74, 6) is -1.84. The highest BCUT2D eigenvalue weighted by Gasteiger charge is 2.35. The van der Waals surface area contributed by atoms with Gasteiger partial charge in [-0.15, -0.1) is 0 Å². The lowest BCUT2D eigenvalue weighted by atomic mass is 10.1. The van der Waals surface area contributed by atoms with E-state index >= 15 is 0 Å². The number of rotatable bonds is 1. The molecule has 0 aliphatic rings. The fraction of sp³-hybridized carbons (Fsp3) is 0.300. The molecule has 2 nitrogen and oxygen atoms in total. The normalized spacial score (nSPS) is 11.4. The van der Waals surface area contributed by atoms with E-state index in [-0.39, 0.29) is 0 Å². The summed E-state index contributed by atoms with van der Waals surface area (Å²) in [4.78, 5) is 12.4. The van der Waals surface area contributed by atoms with E-state index in [1.807, 2.05) is 0 Å². The smallest absolute Gasteiger partial charge is 0.345 e. The van der Waals surface area contributed by atoms with Gasteiger partial charge in [0.25, 0.3) is 5.91 Å². The molecule has 1 amide bonds. The lowest BCUT2D eigenvalue weighted by Gasteiger charge is -2.15. The summed E-state index contributed by atoms with van der Waals surface area (Å²) in [6.45, 7) is 0. The van der Waals surface area contributed by atoms with Crippen LogP contribution in [0.4, 0.5) is 17.6 Å². The van der Waals surface area contributed by atoms with Crippen molar-refractivity contribution in [2.45, 2.75) is 6.18 Å². The van der Waals surface area contributed by atoms with E-state index in [1.54, 1.807) is 0 Å². The third-order valence-corrected chi connectivity index (χ3v) is 1.92. The number of benzene rings is 1. The Morgan fingerprint density at radius 1 is 1.25 bits per heavy atom. The van der Waals surface area contributed by atoms with Crippen LogP contribution in [0.25, 0.3) is 0 Å². The van der Waals surface area contributed by atoms with Gasteiger partial charge in [0.2, 0.25) is 0 Å². The number of hydrogen-bond acceptors (Lipinski definition) is 1. The maximum atomic E-state index is 12.7. The summed E-state index contributed by atoms with van der Waals surface area (Å²) < 4.78 is 50.3. The van der Waals surface area contributed by atoms with Crippen LogP contribution in [0.1, 0.15) is 15.9 Å². The minimum Gasteiger partial charge on any atom is -0.345 e. The van der Waals surface area contributed by atoms with Crippen LogP contribution in [0.5, 0.6) is 0 Å². The molecule has 0 saturated heterocycles. The Kier molecular flexibility index (Phi) is 3.21. The third kappa shape index (κ3) is 2.50. The van der Waals surface area contributed by atoms with Crippen LogP contribution >= 0.6 is 0 Å². The molecule has 0 radical (unpaired) electrons. The van der Waals surface area contributed by atoms with Gasteiger partial charge in [0.15, 0.2) is 0 Å². The fourth-order valence-electron chi connectivity index (χ4n) is 1.18. The molecule has 0 unspecified atom stereocenters. The van der Waals surface area contributed by atoms with Crippen molar-refractivity contribution in [1.29, 1.82) is 0 Å². The van der Waals surface area contributed by atoms with Gasteiger partial charge in [-0.05, 0) is 18.2 Å². The molecule has 1 rings (SSSR count). The second-order valence-electron chi connectivity index (χ2n) is 3.39. The Hall–Kier alpha value is -1.59. The van der Waals surface area contributed by atoms with E-state index < -0.39 is 29.0 Å². The van der Waals surface area contributed by atoms with Crippen LogP contribution in [0.2, 0.25) is 0 Å². The first-order valence-electron chi connectivity index (χ1n) is 4.32. The van der Waals surface area contributed by atoms with Crippen LogP contribution < -0.4 is 0 Å². The molecule has 0 heterocycles. The highest BCUT2D eigenvalue weighted by atomic mass is 19.4. The number of amides is 1. The maximum absolute atomic E-state index is 12.7. The van der Waals surface area contributed by atoms with Gasteiger partial charge in [-0.3, -0.25) is 4.79 Å². The van der Waals surface area contributed by atoms with Gasteiger partial charge >= 0.3 is 6.18 Å². The number of carbonyl (C=O) groups excluding carboxylic acids is 1. The molecular weight excluding hydrogens is 226 g/mol. The molecule has 0 saturated carbocycles. The van der Waals surface area contributed by atoms with Crippen LogP contribution in [-0.4, -0.2) is 24.9 Å². The zero-order valence-electron chi connectivity index (χ0n) is 8.60. The summed E-state index contributed by atoms with van der Waals surface area (Å²) in [5.41, 5.74) is -1.81. The minimum absolute atomic E-state index is 0.316. The molecule has 0 aliphatic carbocycles. The Balaban J connectivity index is 3.34. The summed E-state index contributed by atoms with van der Waals surface area (Å²) >= 11 is 0. The SMILES string of the molecule is CN(C)C(=O)c1ccc(F)cc1C(F)(F)F. The molecular formula is C10H9F4NO. The molecule has 0 spiro atoms. The second-order valence-corrected chi connectivity index (χ2v) is 3.39. The molecule has 88 valence electrons. The highest BCUT2D eigenvalue weighted by molar-refractivity contribution is 5.95. The molecule has 1 aromatic rings. The Morgan fingerprint density at radius 3 is 2.25 bits per heavy atom. The number of nitrogens with zero attached hydrogens (tertiary/aromatic N) is 1. The average Bonchev–Trinajstić information content (AvgIpc) is 2.15. The zero-order chi connectivity index (χ0) is 12.5. The van der Waals surface area contributed by atoms with E-state index in [2.05, 4.69) is 0 Å². The Bertz CT molecular complexity index is 412. The van der Waals surface area contributed by atoms with Crippen molar-refractivity contribution in [2.24, 2.45) is 0 Å². The van der Waals surface area contributed by atoms with Crippen LogP contribution in [-0.2, 0) is 6.18 Å². The third-order valence-electron chi connectivity index (χ3n) is 1.92. The van der Waals surface area contributed by atoms with Gasteiger partial charge < -0.3 is 4.90 Å². The van der Waals surface area contributed by atoms with Crippen molar-refractivity contribution < 1.29 is 22.4 Å². The van der Waals surface area contributed by atoms with Gasteiger partial charge in [0.1, 0.15) is 5.82 Å². The predicted octanol–water partition coefficient (Wildman–Crippen LogP) is 2.55. The predicted molar refractivity (Wildman–Crippen MR) is 49.4 cm³/mol. The summed E-state index contributed by atoms with van der Waals surface area (Å²) in [5, 5.41) is 0. The van der Waals surface area contributed by atoms with Gasteiger partial charge in [0.05, 0.1) is 11.1 Å². The first-order chi connectivity index (χ1) is 7.23. The van der Waals surface area contributed by atoms with E-state index in [0.29, 0.717) is 6.07 Å². The largest absolute Gasteiger partial charge is 0.417 e. The van der Waals surface area contributed by atoms with Crippen molar-refractivity contribution in [2.75, 3.05) is 14.1 Å². The van der Waals surface area contributed by atoms with Crippen molar-refractivity contribution in [1.82, 2.24) is 4.90 Å². The molecule has 0 bridgehead atoms. The molecule has 0 aromatic heterocycles. The van der Waals surface area contributed by atoms with Crippen molar-refractivity contribution >= 4 is 5.91 Å². The topological polar surface area (TPSA) is 20.3 Å². The van der Waals surface area contributed by atoms with Gasteiger partial charge in [-0.2, -0.15) is 13.2 Å². The van der Waals surface area contributed by atoms with Gasteiger partial charge in [-0.1, -0.05) is 0 Å². The number of carbonyl (C=O) groups is 1. The molecule has 0 N–H and O–H groups in total. The molecule has 6 heteroatoms. The summed E-state index contributed by atoms with van der Waals surface area (Å²) in [6, 6.07) is 1.98. The second kappa shape index (κ2) is 4.11. The molecule has 16 heavy (non-hydrogen) atoms. The maximum Gasteiger partial charge on any atom is 0.417 e. The lowest BCUT2D eigenvalue weighted by Crippen LogP contribution is -2.25. The molecule has 1 aromatic carbocycles. The standard InChI is InChI=1S/C10H9F4NO/c1-15(2)9(16)7-4-3-6(11)5-8(7)10(12,13)14/h3-5H,1-2H3. The molecule has 0 atom stereocenters. The Morgan fingerprint density at radius 2 is 1.81 bits per heavy atom. The van der Waals surface area contributed by atoms with Crippen molar-refractivity contribution in [3.8, 4) is 0 Å². The van der Waals surface area contributed by atoms with E-state index in [1.165, 1.54) is 14.1 Å². The average molecular weight is 235 g/mol. The zero-order valence-corrected chi connectivity index (χ0v) is 8.60. The monoisotopic (exact) mass is 235 g/mol. The summed E-state index contributed by atoms with van der Waals surface area (Å²) in [6.07, 6.45) is -4.75. The van der Waals surface area contributed by atoms with Gasteiger partial charge in [-0.25, -0.2) is 4.39 Å². The van der Waals surface area contributed by atoms with E-state index in [9.17, 15) is 22.4 Å². The summed E-state index contributed by atoms with van der Waals surface area (Å²) in [7, 11) is 2.65. The molecule has 0 fully saturated rings. The van der Waals surface area contributed by atoms with E-state index in [0.717, 1.165) is 17.0 Å². The van der Waals surface area contributed by atoms with Crippen LogP contribution in [0.3, 0.4) is 0 Å². The molecule has 0 aliphatic heterocycles.